The van der Waals surface area contributed by atoms with Crippen LogP contribution in [0.5, 0.6) is 5.75 Å². The number of hydrogen-bond acceptors (Lipinski definition) is 4. The average Bonchev–Trinajstić information content (AvgIpc) is 2.68. The van der Waals surface area contributed by atoms with E-state index in [-0.39, 0.29) is 12.5 Å². The predicted octanol–water partition coefficient (Wildman–Crippen LogP) is 3.80. The summed E-state index contributed by atoms with van der Waals surface area (Å²) in [6.07, 6.45) is 1.50. The molecule has 0 spiro atoms. The first-order valence-electron chi connectivity index (χ1n) is 9.62. The summed E-state index contributed by atoms with van der Waals surface area (Å²) in [5.74, 6) is 0.243. The molecule has 0 fully saturated rings. The molecule has 5 nitrogen and oxygen atoms in total. The van der Waals surface area contributed by atoms with Crippen LogP contribution in [-0.4, -0.2) is 48.3 Å². The molecule has 0 heterocycles. The maximum atomic E-state index is 12.6. The van der Waals surface area contributed by atoms with Gasteiger partial charge in [0, 0.05) is 12.2 Å². The van der Waals surface area contributed by atoms with Crippen LogP contribution in [0, 0.1) is 0 Å². The smallest absolute Gasteiger partial charge is 0.259 e. The minimum absolute atomic E-state index is 0.152. The number of nitrogens with one attached hydrogen (secondary N) is 1. The molecule has 2 aromatic rings. The molecule has 5 heteroatoms. The molecule has 1 atom stereocenters. The number of rotatable bonds is 11. The van der Waals surface area contributed by atoms with Crippen LogP contribution in [-0.2, 0) is 0 Å². The van der Waals surface area contributed by atoms with Gasteiger partial charge in [0.2, 0.25) is 0 Å². The number of amides is 1. The highest BCUT2D eigenvalue weighted by Crippen LogP contribution is 2.20. The van der Waals surface area contributed by atoms with Crippen molar-refractivity contribution in [2.45, 2.75) is 32.8 Å². The summed E-state index contributed by atoms with van der Waals surface area (Å²) in [5.41, 5.74) is 1.18. The Morgan fingerprint density at radius 1 is 1.04 bits per heavy atom. The number of carbonyl (C=O) groups excluding carboxylic acids is 1. The molecule has 0 radical (unpaired) electrons. The molecule has 2 N–H and O–H groups in total. The summed E-state index contributed by atoms with van der Waals surface area (Å²) in [7, 11) is 0. The van der Waals surface area contributed by atoms with Crippen molar-refractivity contribution in [2.24, 2.45) is 0 Å². The number of hydrogen-bond donors (Lipinski definition) is 2. The van der Waals surface area contributed by atoms with E-state index in [1.54, 1.807) is 18.2 Å². The Bertz CT molecular complexity index is 685. The van der Waals surface area contributed by atoms with E-state index in [1.165, 1.54) is 0 Å². The number of aliphatic hydroxyl groups excluding tert-OH is 1. The van der Waals surface area contributed by atoms with Gasteiger partial charge in [0.1, 0.15) is 18.5 Å². The summed E-state index contributed by atoms with van der Waals surface area (Å²) in [6, 6.07) is 16.4. The van der Waals surface area contributed by atoms with Gasteiger partial charge in [-0.3, -0.25) is 4.79 Å². The number of anilines is 1. The topological polar surface area (TPSA) is 61.8 Å². The van der Waals surface area contributed by atoms with Crippen LogP contribution >= 0.6 is 0 Å². The molecule has 1 amide bonds. The molecule has 0 bridgehead atoms. The van der Waals surface area contributed by atoms with Gasteiger partial charge in [-0.05, 0) is 50.2 Å². The second-order valence-corrected chi connectivity index (χ2v) is 6.58. The van der Waals surface area contributed by atoms with Gasteiger partial charge < -0.3 is 20.1 Å². The second kappa shape index (κ2) is 11.4. The van der Waals surface area contributed by atoms with E-state index in [4.69, 9.17) is 4.74 Å². The van der Waals surface area contributed by atoms with Crippen molar-refractivity contribution < 1.29 is 14.6 Å². The summed E-state index contributed by atoms with van der Waals surface area (Å²) in [6.45, 7) is 6.90. The SMILES string of the molecule is CCCN(CCC)C[C@@H](O)COc1ccccc1C(=O)Nc1ccccc1. The summed E-state index contributed by atoms with van der Waals surface area (Å²) in [5, 5.41) is 13.2. The quantitative estimate of drug-likeness (QED) is 0.632. The van der Waals surface area contributed by atoms with Crippen LogP contribution in [0.2, 0.25) is 0 Å². The third-order valence-corrected chi connectivity index (χ3v) is 4.14. The molecule has 0 saturated heterocycles. The van der Waals surface area contributed by atoms with E-state index < -0.39 is 6.10 Å². The fourth-order valence-corrected chi connectivity index (χ4v) is 2.96. The van der Waals surface area contributed by atoms with Gasteiger partial charge in [0.15, 0.2) is 0 Å². The molecule has 0 saturated carbocycles. The van der Waals surface area contributed by atoms with Crippen molar-refractivity contribution >= 4 is 11.6 Å². The molecular formula is C22H30N2O3. The highest BCUT2D eigenvalue weighted by molar-refractivity contribution is 6.06. The largest absolute Gasteiger partial charge is 0.490 e. The first kappa shape index (κ1) is 20.9. The van der Waals surface area contributed by atoms with Gasteiger partial charge in [0.25, 0.3) is 5.91 Å². The average molecular weight is 370 g/mol. The molecule has 146 valence electrons. The molecule has 0 aliphatic heterocycles. The molecule has 0 aliphatic rings. The lowest BCUT2D eigenvalue weighted by atomic mass is 10.2. The number of carbonyl (C=O) groups is 1. The molecule has 27 heavy (non-hydrogen) atoms. The third-order valence-electron chi connectivity index (χ3n) is 4.14. The number of para-hydroxylation sites is 2. The minimum Gasteiger partial charge on any atom is -0.490 e. The van der Waals surface area contributed by atoms with Crippen molar-refractivity contribution in [1.82, 2.24) is 4.90 Å². The molecule has 2 rings (SSSR count). The summed E-state index contributed by atoms with van der Waals surface area (Å²) in [4.78, 5) is 14.8. The normalized spacial score (nSPS) is 12.0. The van der Waals surface area contributed by atoms with Crippen LogP contribution in [0.1, 0.15) is 37.0 Å². The fraction of sp³-hybridized carbons (Fsp3) is 0.409. The van der Waals surface area contributed by atoms with E-state index in [2.05, 4.69) is 24.1 Å². The Morgan fingerprint density at radius 3 is 2.33 bits per heavy atom. The minimum atomic E-state index is -0.603. The number of benzene rings is 2. The van der Waals surface area contributed by atoms with Crippen LogP contribution in [0.3, 0.4) is 0 Å². The molecule has 0 aliphatic carbocycles. The maximum Gasteiger partial charge on any atom is 0.259 e. The van der Waals surface area contributed by atoms with E-state index in [0.29, 0.717) is 17.9 Å². The van der Waals surface area contributed by atoms with Crippen molar-refractivity contribution in [3.05, 3.63) is 60.2 Å². The first-order chi connectivity index (χ1) is 13.1. The second-order valence-electron chi connectivity index (χ2n) is 6.58. The van der Waals surface area contributed by atoms with E-state index in [1.807, 2.05) is 36.4 Å². The van der Waals surface area contributed by atoms with Crippen LogP contribution in [0.15, 0.2) is 54.6 Å². The van der Waals surface area contributed by atoms with Crippen molar-refractivity contribution in [2.75, 3.05) is 31.6 Å². The third kappa shape index (κ3) is 7.04. The van der Waals surface area contributed by atoms with Gasteiger partial charge in [-0.2, -0.15) is 0 Å². The van der Waals surface area contributed by atoms with Gasteiger partial charge in [-0.25, -0.2) is 0 Å². The van der Waals surface area contributed by atoms with Gasteiger partial charge in [0.05, 0.1) is 5.56 Å². The molecule has 0 aromatic heterocycles. The molecule has 0 unspecified atom stereocenters. The number of ether oxygens (including phenoxy) is 1. The van der Waals surface area contributed by atoms with Gasteiger partial charge >= 0.3 is 0 Å². The van der Waals surface area contributed by atoms with Gasteiger partial charge in [-0.15, -0.1) is 0 Å². The summed E-state index contributed by atoms with van der Waals surface area (Å²) >= 11 is 0. The zero-order valence-corrected chi connectivity index (χ0v) is 16.2. The predicted molar refractivity (Wildman–Crippen MR) is 109 cm³/mol. The monoisotopic (exact) mass is 370 g/mol. The zero-order valence-electron chi connectivity index (χ0n) is 16.2. The first-order valence-corrected chi connectivity index (χ1v) is 9.62. The highest BCUT2D eigenvalue weighted by Gasteiger charge is 2.15. The van der Waals surface area contributed by atoms with Crippen molar-refractivity contribution in [3.8, 4) is 5.75 Å². The Balaban J connectivity index is 1.95. The standard InChI is InChI=1S/C22H30N2O3/c1-3-14-24(15-4-2)16-19(25)17-27-21-13-9-8-12-20(21)22(26)23-18-10-6-5-7-11-18/h5-13,19,25H,3-4,14-17H2,1-2H3,(H,23,26)/t19-/m1/s1. The van der Waals surface area contributed by atoms with E-state index in [0.717, 1.165) is 31.6 Å². The lowest BCUT2D eigenvalue weighted by Crippen LogP contribution is -2.36. The van der Waals surface area contributed by atoms with Crippen molar-refractivity contribution in [3.63, 3.8) is 0 Å². The molecular weight excluding hydrogens is 340 g/mol. The zero-order chi connectivity index (χ0) is 19.5. The Morgan fingerprint density at radius 2 is 1.67 bits per heavy atom. The van der Waals surface area contributed by atoms with E-state index >= 15 is 0 Å². The van der Waals surface area contributed by atoms with Crippen LogP contribution in [0.25, 0.3) is 0 Å². The Kier molecular flexibility index (Phi) is 8.81. The Labute approximate surface area is 162 Å². The van der Waals surface area contributed by atoms with Crippen LogP contribution < -0.4 is 10.1 Å². The Hall–Kier alpha value is -2.37. The lowest BCUT2D eigenvalue weighted by Gasteiger charge is -2.24. The van der Waals surface area contributed by atoms with Gasteiger partial charge in [-0.1, -0.05) is 44.2 Å². The number of aliphatic hydroxyl groups is 1. The molecule has 2 aromatic carbocycles. The highest BCUT2D eigenvalue weighted by atomic mass is 16.5. The van der Waals surface area contributed by atoms with Crippen molar-refractivity contribution in [1.29, 1.82) is 0 Å². The van der Waals surface area contributed by atoms with Crippen LogP contribution in [0.4, 0.5) is 5.69 Å². The fourth-order valence-electron chi connectivity index (χ4n) is 2.96. The maximum absolute atomic E-state index is 12.6. The van der Waals surface area contributed by atoms with E-state index in [9.17, 15) is 9.90 Å². The lowest BCUT2D eigenvalue weighted by molar-refractivity contribution is 0.0674. The summed E-state index contributed by atoms with van der Waals surface area (Å²) < 4.78 is 5.78. The number of nitrogens with zero attached hydrogens (tertiary/aromatic N) is 1.